The largest absolute Gasteiger partial charge is 0.490 e. The lowest BCUT2D eigenvalue weighted by Gasteiger charge is -2.31. The van der Waals surface area contributed by atoms with Crippen LogP contribution in [-0.4, -0.2) is 60.2 Å². The fourth-order valence-electron chi connectivity index (χ4n) is 5.47. The van der Waals surface area contributed by atoms with Crippen molar-refractivity contribution in [2.45, 2.75) is 39.4 Å². The highest BCUT2D eigenvalue weighted by Crippen LogP contribution is 2.47. The molecular formula is C31H30F2N6O3S. The maximum atomic E-state index is 15.8. The van der Waals surface area contributed by atoms with E-state index in [1.807, 2.05) is 53.8 Å². The van der Waals surface area contributed by atoms with Gasteiger partial charge < -0.3 is 14.7 Å². The van der Waals surface area contributed by atoms with Crippen molar-refractivity contribution in [1.82, 2.24) is 29.4 Å². The van der Waals surface area contributed by atoms with Gasteiger partial charge in [0.2, 0.25) is 5.91 Å². The van der Waals surface area contributed by atoms with Crippen LogP contribution in [0.15, 0.2) is 54.7 Å². The molecule has 0 spiro atoms. The van der Waals surface area contributed by atoms with E-state index in [4.69, 9.17) is 14.8 Å². The van der Waals surface area contributed by atoms with E-state index in [0.717, 1.165) is 28.8 Å². The van der Waals surface area contributed by atoms with Gasteiger partial charge in [-0.1, -0.05) is 6.58 Å². The van der Waals surface area contributed by atoms with Crippen molar-refractivity contribution in [1.29, 1.82) is 0 Å². The number of benzene rings is 1. The third-order valence-corrected chi connectivity index (χ3v) is 8.36. The van der Waals surface area contributed by atoms with Gasteiger partial charge in [0, 0.05) is 52.1 Å². The van der Waals surface area contributed by atoms with Gasteiger partial charge in [-0.25, -0.2) is 13.8 Å². The predicted octanol–water partition coefficient (Wildman–Crippen LogP) is 6.01. The summed E-state index contributed by atoms with van der Waals surface area (Å²) in [7, 11) is 0. The van der Waals surface area contributed by atoms with Gasteiger partial charge in [-0.15, -0.1) is 11.3 Å². The molecule has 1 aliphatic heterocycles. The summed E-state index contributed by atoms with van der Waals surface area (Å²) in [6, 6.07) is 5.68. The van der Waals surface area contributed by atoms with E-state index in [1.54, 1.807) is 11.1 Å². The van der Waals surface area contributed by atoms with Crippen molar-refractivity contribution >= 4 is 27.3 Å². The van der Waals surface area contributed by atoms with Crippen molar-refractivity contribution < 1.29 is 23.4 Å². The number of aliphatic hydroxyl groups excluding tert-OH is 1. The number of aliphatic hydroxyl groups is 1. The second-order valence-electron chi connectivity index (χ2n) is 10.7. The molecule has 1 aromatic carbocycles. The summed E-state index contributed by atoms with van der Waals surface area (Å²) in [5, 5.41) is 21.5. The molecule has 43 heavy (non-hydrogen) atoms. The number of rotatable bonds is 8. The number of nitrogens with zero attached hydrogens (tertiary/aromatic N) is 6. The average Bonchev–Trinajstić information content (AvgIpc) is 3.75. The van der Waals surface area contributed by atoms with Crippen LogP contribution in [0.5, 0.6) is 5.75 Å². The zero-order valence-corrected chi connectivity index (χ0v) is 24.7. The smallest absolute Gasteiger partial charge is 0.246 e. The fourth-order valence-corrected chi connectivity index (χ4v) is 6.42. The maximum Gasteiger partial charge on any atom is 0.246 e. The molecule has 1 unspecified atom stereocenters. The van der Waals surface area contributed by atoms with Crippen LogP contribution in [-0.2, 0) is 11.3 Å². The first-order chi connectivity index (χ1) is 20.7. The first-order valence-corrected chi connectivity index (χ1v) is 14.8. The van der Waals surface area contributed by atoms with Crippen LogP contribution >= 0.6 is 11.3 Å². The highest BCUT2D eigenvalue weighted by molar-refractivity contribution is 7.18. The Morgan fingerprint density at radius 1 is 1.26 bits per heavy atom. The Bertz CT molecular complexity index is 1860. The van der Waals surface area contributed by atoms with Crippen molar-refractivity contribution in [3.05, 3.63) is 72.0 Å². The van der Waals surface area contributed by atoms with Crippen molar-refractivity contribution in [3.8, 4) is 39.5 Å². The van der Waals surface area contributed by atoms with E-state index in [1.165, 1.54) is 17.4 Å². The number of ether oxygens (including phenoxy) is 1. The molecule has 0 bridgehead atoms. The molecule has 222 valence electrons. The molecule has 0 saturated carbocycles. The summed E-state index contributed by atoms with van der Waals surface area (Å²) in [4.78, 5) is 19.2. The average molecular weight is 605 g/mol. The van der Waals surface area contributed by atoms with E-state index < -0.39 is 11.6 Å². The number of thiophene rings is 1. The SMILES string of the molecule is C=CC(=O)N1Cc2cc(-c3nc(-c4cnn(C(C)C)c4)c4ccsc4c3-c3c(F)cc(F)cc3OCCO)nn2C(C)C1. The molecular weight excluding hydrogens is 574 g/mol. The molecule has 4 aromatic heterocycles. The van der Waals surface area contributed by atoms with Gasteiger partial charge in [0.1, 0.15) is 35.4 Å². The molecule has 0 saturated heterocycles. The zero-order valence-electron chi connectivity index (χ0n) is 23.9. The predicted molar refractivity (Wildman–Crippen MR) is 161 cm³/mol. The third-order valence-electron chi connectivity index (χ3n) is 7.43. The number of carbonyl (C=O) groups is 1. The number of pyridine rings is 1. The second kappa shape index (κ2) is 11.3. The zero-order chi connectivity index (χ0) is 30.4. The molecule has 9 nitrogen and oxygen atoms in total. The monoisotopic (exact) mass is 604 g/mol. The minimum Gasteiger partial charge on any atom is -0.490 e. The summed E-state index contributed by atoms with van der Waals surface area (Å²) in [5.41, 5.74) is 3.47. The summed E-state index contributed by atoms with van der Waals surface area (Å²) in [5.74, 6) is -1.86. The number of amides is 1. The third kappa shape index (κ3) is 5.10. The molecule has 1 N–H and O–H groups in total. The quantitative estimate of drug-likeness (QED) is 0.218. The van der Waals surface area contributed by atoms with Gasteiger partial charge in [-0.2, -0.15) is 10.2 Å². The molecule has 6 rings (SSSR count). The van der Waals surface area contributed by atoms with E-state index >= 15 is 4.39 Å². The van der Waals surface area contributed by atoms with Crippen LogP contribution in [0.1, 0.15) is 38.5 Å². The Balaban J connectivity index is 1.64. The summed E-state index contributed by atoms with van der Waals surface area (Å²) >= 11 is 1.40. The molecule has 1 aliphatic rings. The van der Waals surface area contributed by atoms with Gasteiger partial charge in [0.05, 0.1) is 42.3 Å². The number of aromatic nitrogens is 5. The van der Waals surface area contributed by atoms with Crippen molar-refractivity contribution in [3.63, 3.8) is 0 Å². The van der Waals surface area contributed by atoms with Gasteiger partial charge in [-0.3, -0.25) is 14.2 Å². The van der Waals surface area contributed by atoms with Crippen LogP contribution in [0.3, 0.4) is 0 Å². The first kappa shape index (κ1) is 28.7. The van der Waals surface area contributed by atoms with Crippen LogP contribution in [0.2, 0.25) is 0 Å². The lowest BCUT2D eigenvalue weighted by Crippen LogP contribution is -2.39. The van der Waals surface area contributed by atoms with Gasteiger partial charge in [-0.05, 0) is 44.4 Å². The van der Waals surface area contributed by atoms with Gasteiger partial charge in [0.25, 0.3) is 0 Å². The molecule has 1 atom stereocenters. The molecule has 1 amide bonds. The summed E-state index contributed by atoms with van der Waals surface area (Å²) < 4.78 is 40.4. The standard InChI is InChI=1S/C31H30F2N6O3S/c1-5-26(41)37-14-18(4)39-21(16-37)12-24(36-39)30-28(27-23(33)10-20(32)11-25(27)42-8-7-40)31-22(6-9-43-31)29(35-30)19-13-34-38(15-19)17(2)3/h5-6,9-13,15,17-18,40H,1,7-8,14,16H2,2-4H3. The van der Waals surface area contributed by atoms with Crippen LogP contribution < -0.4 is 4.74 Å². The fraction of sp³-hybridized carbons (Fsp3) is 0.290. The highest BCUT2D eigenvalue weighted by Gasteiger charge is 2.30. The lowest BCUT2D eigenvalue weighted by molar-refractivity contribution is -0.127. The van der Waals surface area contributed by atoms with E-state index in [0.29, 0.717) is 40.4 Å². The number of hydrogen-bond donors (Lipinski definition) is 1. The number of halogens is 2. The summed E-state index contributed by atoms with van der Waals surface area (Å²) in [6.07, 6.45) is 4.95. The molecule has 0 radical (unpaired) electrons. The molecule has 12 heteroatoms. The number of fused-ring (bicyclic) bond motifs is 2. The topological polar surface area (TPSA) is 98.3 Å². The molecule has 0 fully saturated rings. The Morgan fingerprint density at radius 3 is 2.79 bits per heavy atom. The van der Waals surface area contributed by atoms with Crippen LogP contribution in [0.4, 0.5) is 8.78 Å². The molecule has 5 heterocycles. The Kier molecular flexibility index (Phi) is 7.57. The van der Waals surface area contributed by atoms with Crippen LogP contribution in [0.25, 0.3) is 43.9 Å². The van der Waals surface area contributed by atoms with Crippen molar-refractivity contribution in [2.24, 2.45) is 0 Å². The molecule has 5 aromatic rings. The van der Waals surface area contributed by atoms with Crippen LogP contribution in [0, 0.1) is 11.6 Å². The Morgan fingerprint density at radius 2 is 2.07 bits per heavy atom. The van der Waals surface area contributed by atoms with Gasteiger partial charge >= 0.3 is 0 Å². The Hall–Kier alpha value is -4.42. The lowest BCUT2D eigenvalue weighted by atomic mass is 9.97. The van der Waals surface area contributed by atoms with E-state index in [2.05, 4.69) is 11.7 Å². The van der Waals surface area contributed by atoms with Gasteiger partial charge in [0.15, 0.2) is 0 Å². The normalized spacial score (nSPS) is 14.9. The highest BCUT2D eigenvalue weighted by atomic mass is 32.1. The summed E-state index contributed by atoms with van der Waals surface area (Å²) in [6.45, 7) is 9.93. The second-order valence-corrected chi connectivity index (χ2v) is 11.6. The Labute approximate surface area is 250 Å². The van der Waals surface area contributed by atoms with Crippen molar-refractivity contribution in [2.75, 3.05) is 19.8 Å². The van der Waals surface area contributed by atoms with E-state index in [9.17, 15) is 14.3 Å². The first-order valence-electron chi connectivity index (χ1n) is 13.9. The minimum absolute atomic E-state index is 0.0247. The number of carbonyl (C=O) groups excluding carboxylic acids is 1. The molecule has 0 aliphatic carbocycles. The van der Waals surface area contributed by atoms with E-state index in [-0.39, 0.29) is 42.5 Å². The minimum atomic E-state index is -0.828. The number of hydrogen-bond acceptors (Lipinski definition) is 7. The maximum absolute atomic E-state index is 15.8.